The van der Waals surface area contributed by atoms with Crippen molar-refractivity contribution in [3.8, 4) is 5.75 Å². The highest BCUT2D eigenvalue weighted by molar-refractivity contribution is 5.94. The van der Waals surface area contributed by atoms with Crippen LogP contribution in [0.3, 0.4) is 0 Å². The normalized spacial score (nSPS) is 15.6. The molecule has 3 rings (SSSR count). The van der Waals surface area contributed by atoms with Crippen LogP contribution in [-0.2, 0) is 11.3 Å². The number of para-hydroxylation sites is 2. The molecule has 1 aliphatic rings. The summed E-state index contributed by atoms with van der Waals surface area (Å²) in [6.07, 6.45) is 3.19. The highest BCUT2D eigenvalue weighted by Crippen LogP contribution is 2.22. The van der Waals surface area contributed by atoms with Gasteiger partial charge in [0.15, 0.2) is 0 Å². The van der Waals surface area contributed by atoms with Crippen molar-refractivity contribution >= 4 is 17.6 Å². The van der Waals surface area contributed by atoms with Crippen LogP contribution in [0.1, 0.15) is 38.2 Å². The Morgan fingerprint density at radius 2 is 1.75 bits per heavy atom. The van der Waals surface area contributed by atoms with Crippen molar-refractivity contribution in [2.24, 2.45) is 0 Å². The summed E-state index contributed by atoms with van der Waals surface area (Å²) in [6, 6.07) is 16.8. The molecule has 2 aromatic rings. The van der Waals surface area contributed by atoms with E-state index in [1.165, 1.54) is 5.56 Å². The molecule has 0 bridgehead atoms. The number of hydrogen-bond acceptors (Lipinski definition) is 4. The standard InChI is InChI=1S/C25H34N4O3/c1-3-9-22(28-25(31)27-21-12-7-8-13-23(21)32-2)24(30)26-20-14-16-29(17-15-20)18-19-10-5-4-6-11-19/h4-8,10-13,20,22H,3,9,14-18H2,1-2H3,(H,26,30)(H2,27,28,31). The summed E-state index contributed by atoms with van der Waals surface area (Å²) >= 11 is 0. The molecule has 1 fully saturated rings. The Morgan fingerprint density at radius 1 is 1.06 bits per heavy atom. The third-order valence-electron chi connectivity index (χ3n) is 5.74. The Labute approximate surface area is 190 Å². The van der Waals surface area contributed by atoms with Crippen LogP contribution in [0.25, 0.3) is 0 Å². The zero-order chi connectivity index (χ0) is 22.8. The van der Waals surface area contributed by atoms with Gasteiger partial charge in [-0.1, -0.05) is 55.8 Å². The molecule has 1 atom stereocenters. The number of carbonyl (C=O) groups excluding carboxylic acids is 2. The van der Waals surface area contributed by atoms with E-state index in [4.69, 9.17) is 4.74 Å². The number of urea groups is 1. The number of rotatable bonds is 9. The number of carbonyl (C=O) groups is 2. The van der Waals surface area contributed by atoms with E-state index in [1.54, 1.807) is 19.2 Å². The number of amides is 3. The first-order chi connectivity index (χ1) is 15.6. The van der Waals surface area contributed by atoms with Crippen molar-refractivity contribution in [3.05, 3.63) is 60.2 Å². The van der Waals surface area contributed by atoms with E-state index in [9.17, 15) is 9.59 Å². The Kier molecular flexibility index (Phi) is 8.92. The topological polar surface area (TPSA) is 82.7 Å². The number of nitrogens with zero attached hydrogens (tertiary/aromatic N) is 1. The second-order valence-electron chi connectivity index (χ2n) is 8.18. The van der Waals surface area contributed by atoms with Crippen molar-refractivity contribution in [3.63, 3.8) is 0 Å². The fourth-order valence-electron chi connectivity index (χ4n) is 4.00. The van der Waals surface area contributed by atoms with Gasteiger partial charge in [0.25, 0.3) is 0 Å². The smallest absolute Gasteiger partial charge is 0.319 e. The van der Waals surface area contributed by atoms with Gasteiger partial charge in [-0.05, 0) is 37.0 Å². The van der Waals surface area contributed by atoms with E-state index >= 15 is 0 Å². The quantitative estimate of drug-likeness (QED) is 0.557. The number of likely N-dealkylation sites (tertiary alicyclic amines) is 1. The minimum Gasteiger partial charge on any atom is -0.495 e. The van der Waals surface area contributed by atoms with Gasteiger partial charge in [-0.15, -0.1) is 0 Å². The molecule has 0 spiro atoms. The molecule has 0 aromatic heterocycles. The lowest BCUT2D eigenvalue weighted by Crippen LogP contribution is -2.52. The third-order valence-corrected chi connectivity index (χ3v) is 5.74. The maximum atomic E-state index is 12.9. The van der Waals surface area contributed by atoms with Gasteiger partial charge in [0.1, 0.15) is 11.8 Å². The van der Waals surface area contributed by atoms with Crippen molar-refractivity contribution < 1.29 is 14.3 Å². The summed E-state index contributed by atoms with van der Waals surface area (Å²) in [6.45, 7) is 4.83. The number of ether oxygens (including phenoxy) is 1. The maximum absolute atomic E-state index is 12.9. The van der Waals surface area contributed by atoms with Crippen LogP contribution in [0.4, 0.5) is 10.5 Å². The lowest BCUT2D eigenvalue weighted by Gasteiger charge is -2.33. The van der Waals surface area contributed by atoms with Gasteiger partial charge in [-0.25, -0.2) is 4.79 Å². The monoisotopic (exact) mass is 438 g/mol. The van der Waals surface area contributed by atoms with Crippen molar-refractivity contribution in [2.45, 2.75) is 51.2 Å². The minimum atomic E-state index is -0.572. The van der Waals surface area contributed by atoms with Crippen LogP contribution in [0.5, 0.6) is 5.75 Å². The van der Waals surface area contributed by atoms with Crippen LogP contribution in [0, 0.1) is 0 Å². The average Bonchev–Trinajstić information content (AvgIpc) is 2.81. The van der Waals surface area contributed by atoms with E-state index < -0.39 is 12.1 Å². The summed E-state index contributed by atoms with van der Waals surface area (Å²) in [5.74, 6) is 0.449. The lowest BCUT2D eigenvalue weighted by atomic mass is 10.0. The fourth-order valence-corrected chi connectivity index (χ4v) is 4.00. The summed E-state index contributed by atoms with van der Waals surface area (Å²) in [4.78, 5) is 27.8. The van der Waals surface area contributed by atoms with Crippen LogP contribution in [-0.4, -0.2) is 49.1 Å². The Balaban J connectivity index is 1.48. The molecule has 2 aromatic carbocycles. The zero-order valence-corrected chi connectivity index (χ0v) is 19.0. The molecule has 0 saturated carbocycles. The first-order valence-corrected chi connectivity index (χ1v) is 11.4. The Hall–Kier alpha value is -3.06. The van der Waals surface area contributed by atoms with Crippen molar-refractivity contribution in [1.82, 2.24) is 15.5 Å². The lowest BCUT2D eigenvalue weighted by molar-refractivity contribution is -0.124. The predicted octanol–water partition coefficient (Wildman–Crippen LogP) is 3.77. The summed E-state index contributed by atoms with van der Waals surface area (Å²) < 4.78 is 5.27. The van der Waals surface area contributed by atoms with Gasteiger partial charge in [-0.2, -0.15) is 0 Å². The van der Waals surface area contributed by atoms with E-state index in [0.29, 0.717) is 17.9 Å². The van der Waals surface area contributed by atoms with Crippen LogP contribution in [0.2, 0.25) is 0 Å². The molecule has 1 heterocycles. The molecule has 1 unspecified atom stereocenters. The molecule has 7 heteroatoms. The second-order valence-corrected chi connectivity index (χ2v) is 8.18. The molecule has 0 radical (unpaired) electrons. The molecule has 3 amide bonds. The van der Waals surface area contributed by atoms with E-state index in [1.807, 2.05) is 25.1 Å². The van der Waals surface area contributed by atoms with Crippen LogP contribution in [0.15, 0.2) is 54.6 Å². The fraction of sp³-hybridized carbons (Fsp3) is 0.440. The van der Waals surface area contributed by atoms with Crippen molar-refractivity contribution in [2.75, 3.05) is 25.5 Å². The molecular formula is C25H34N4O3. The average molecular weight is 439 g/mol. The van der Waals surface area contributed by atoms with E-state index in [-0.39, 0.29) is 11.9 Å². The van der Waals surface area contributed by atoms with Crippen LogP contribution < -0.4 is 20.7 Å². The molecule has 3 N–H and O–H groups in total. The summed E-state index contributed by atoms with van der Waals surface area (Å²) in [5.41, 5.74) is 1.87. The molecule has 7 nitrogen and oxygen atoms in total. The molecule has 1 saturated heterocycles. The Bertz CT molecular complexity index is 867. The highest BCUT2D eigenvalue weighted by Gasteiger charge is 2.25. The number of nitrogens with one attached hydrogen (secondary N) is 3. The molecule has 32 heavy (non-hydrogen) atoms. The second kappa shape index (κ2) is 12.1. The van der Waals surface area contributed by atoms with E-state index in [2.05, 4.69) is 45.1 Å². The van der Waals surface area contributed by atoms with Crippen LogP contribution >= 0.6 is 0 Å². The van der Waals surface area contributed by atoms with E-state index in [0.717, 1.165) is 38.9 Å². The summed E-state index contributed by atoms with van der Waals surface area (Å²) in [5, 5.41) is 8.74. The minimum absolute atomic E-state index is 0.122. The molecular weight excluding hydrogens is 404 g/mol. The molecule has 0 aliphatic carbocycles. The van der Waals surface area contributed by atoms with Gasteiger partial charge in [0.05, 0.1) is 12.8 Å². The van der Waals surface area contributed by atoms with Gasteiger partial charge in [0.2, 0.25) is 5.91 Å². The first-order valence-electron chi connectivity index (χ1n) is 11.4. The number of piperidine rings is 1. The molecule has 172 valence electrons. The largest absolute Gasteiger partial charge is 0.495 e. The third kappa shape index (κ3) is 6.99. The van der Waals surface area contributed by atoms with Gasteiger partial charge in [-0.3, -0.25) is 9.69 Å². The first kappa shape index (κ1) is 23.6. The van der Waals surface area contributed by atoms with Gasteiger partial charge >= 0.3 is 6.03 Å². The van der Waals surface area contributed by atoms with Gasteiger partial charge in [0, 0.05) is 25.7 Å². The Morgan fingerprint density at radius 3 is 2.44 bits per heavy atom. The number of anilines is 1. The van der Waals surface area contributed by atoms with Crippen molar-refractivity contribution in [1.29, 1.82) is 0 Å². The molecule has 1 aliphatic heterocycles. The number of benzene rings is 2. The number of hydrogen-bond donors (Lipinski definition) is 3. The summed E-state index contributed by atoms with van der Waals surface area (Å²) in [7, 11) is 1.55. The number of methoxy groups -OCH3 is 1. The maximum Gasteiger partial charge on any atom is 0.319 e. The SMILES string of the molecule is CCCC(NC(=O)Nc1ccccc1OC)C(=O)NC1CCN(Cc2ccccc2)CC1. The van der Waals surface area contributed by atoms with Gasteiger partial charge < -0.3 is 20.7 Å². The predicted molar refractivity (Wildman–Crippen MR) is 127 cm³/mol. The zero-order valence-electron chi connectivity index (χ0n) is 19.0. The highest BCUT2D eigenvalue weighted by atomic mass is 16.5.